The van der Waals surface area contributed by atoms with E-state index in [1.807, 2.05) is 0 Å². The Bertz CT molecular complexity index is 265. The van der Waals surface area contributed by atoms with Gasteiger partial charge in [-0.3, -0.25) is 0 Å². The maximum atomic E-state index is 14.2. The molecule has 0 spiro atoms. The first-order valence-corrected chi connectivity index (χ1v) is 11.1. The molecule has 128 valence electrons. The summed E-state index contributed by atoms with van der Waals surface area (Å²) in [4.78, 5) is 0. The lowest BCUT2D eigenvalue weighted by Gasteiger charge is -2.21. The van der Waals surface area contributed by atoms with Gasteiger partial charge in [-0.05, 0) is 36.5 Å². The third kappa shape index (κ3) is 11.7. The molecule has 0 saturated carbocycles. The topological polar surface area (TPSA) is 18.5 Å². The second-order valence-corrected chi connectivity index (χ2v) is 8.54. The van der Waals surface area contributed by atoms with Crippen LogP contribution in [0.4, 0.5) is 4.20 Å². The van der Waals surface area contributed by atoms with E-state index in [-0.39, 0.29) is 0 Å². The molecule has 0 aromatic heterocycles. The Morgan fingerprint density at radius 1 is 0.857 bits per heavy atom. The average molecular weight is 340 g/mol. The van der Waals surface area contributed by atoms with E-state index in [1.165, 1.54) is 0 Å². The van der Waals surface area contributed by atoms with E-state index in [9.17, 15) is 4.20 Å². The normalized spacial score (nSPS) is 17.4. The SMILES string of the molecule is CCCCC(CC)COP(F)(=S)OCC(CC)CCCC. The molecule has 0 saturated heterocycles. The summed E-state index contributed by atoms with van der Waals surface area (Å²) in [6, 6.07) is 0. The van der Waals surface area contributed by atoms with E-state index in [2.05, 4.69) is 27.7 Å². The van der Waals surface area contributed by atoms with Gasteiger partial charge in [0.15, 0.2) is 0 Å². The van der Waals surface area contributed by atoms with Gasteiger partial charge in [-0.25, -0.2) is 0 Å². The summed E-state index contributed by atoms with van der Waals surface area (Å²) in [5, 5.41) is 0. The lowest BCUT2D eigenvalue weighted by molar-refractivity contribution is 0.161. The largest absolute Gasteiger partial charge is 0.365 e. The van der Waals surface area contributed by atoms with Crippen LogP contribution in [0.15, 0.2) is 0 Å². The highest BCUT2D eigenvalue weighted by Gasteiger charge is 2.21. The molecule has 0 radical (unpaired) electrons. The Labute approximate surface area is 136 Å². The van der Waals surface area contributed by atoms with Crippen LogP contribution in [0.2, 0.25) is 0 Å². The summed E-state index contributed by atoms with van der Waals surface area (Å²) in [6.07, 6.45) is 8.80. The molecule has 0 rings (SSSR count). The fourth-order valence-corrected chi connectivity index (χ4v) is 3.44. The van der Waals surface area contributed by atoms with Gasteiger partial charge in [0.05, 0.1) is 13.2 Å². The standard InChI is InChI=1S/C16H34FO2PS/c1-5-9-11-15(7-3)13-18-20(17,21)19-14-16(8-4)12-10-6-2/h15-16H,5-14H2,1-4H3. The predicted octanol–water partition coefficient (Wildman–Crippen LogP) is 6.65. The van der Waals surface area contributed by atoms with E-state index in [4.69, 9.17) is 20.9 Å². The smallest absolute Gasteiger partial charge is 0.305 e. The van der Waals surface area contributed by atoms with Gasteiger partial charge in [-0.15, -0.1) is 0 Å². The van der Waals surface area contributed by atoms with Gasteiger partial charge in [0.1, 0.15) is 0 Å². The molecule has 0 aromatic carbocycles. The fourth-order valence-electron chi connectivity index (χ4n) is 2.22. The van der Waals surface area contributed by atoms with E-state index in [1.54, 1.807) is 0 Å². The van der Waals surface area contributed by atoms with Crippen molar-refractivity contribution in [2.45, 2.75) is 79.1 Å². The quantitative estimate of drug-likeness (QED) is 0.330. The molecule has 0 aliphatic heterocycles. The zero-order valence-electron chi connectivity index (χ0n) is 14.3. The van der Waals surface area contributed by atoms with E-state index < -0.39 is 6.80 Å². The molecule has 0 aliphatic rings. The highest BCUT2D eigenvalue weighted by molar-refractivity contribution is 8.07. The van der Waals surface area contributed by atoms with Gasteiger partial charge in [-0.1, -0.05) is 66.2 Å². The molecule has 0 aliphatic carbocycles. The first-order valence-electron chi connectivity index (χ1n) is 8.57. The van der Waals surface area contributed by atoms with Crippen LogP contribution < -0.4 is 0 Å². The Morgan fingerprint density at radius 3 is 1.52 bits per heavy atom. The Balaban J connectivity index is 4.08. The van der Waals surface area contributed by atoms with Crippen LogP contribution in [-0.4, -0.2) is 13.2 Å². The molecule has 2 nitrogen and oxygen atoms in total. The minimum absolute atomic E-state index is 0.397. The van der Waals surface area contributed by atoms with Gasteiger partial charge in [-0.2, -0.15) is 4.20 Å². The minimum Gasteiger partial charge on any atom is -0.305 e. The van der Waals surface area contributed by atoms with Crippen molar-refractivity contribution >= 4 is 18.6 Å². The van der Waals surface area contributed by atoms with Crippen LogP contribution >= 0.6 is 6.80 Å². The van der Waals surface area contributed by atoms with Crippen LogP contribution in [0.1, 0.15) is 79.1 Å². The van der Waals surface area contributed by atoms with Gasteiger partial charge in [0.25, 0.3) is 0 Å². The third-order valence-electron chi connectivity index (χ3n) is 4.02. The van der Waals surface area contributed by atoms with Crippen molar-refractivity contribution < 1.29 is 13.2 Å². The fraction of sp³-hybridized carbons (Fsp3) is 1.00. The number of hydrogen-bond acceptors (Lipinski definition) is 3. The molecule has 0 amide bonds. The van der Waals surface area contributed by atoms with Gasteiger partial charge in [0, 0.05) is 0 Å². The Kier molecular flexibility index (Phi) is 13.3. The van der Waals surface area contributed by atoms with Crippen molar-refractivity contribution in [3.8, 4) is 0 Å². The molecular weight excluding hydrogens is 306 g/mol. The molecule has 0 bridgehead atoms. The summed E-state index contributed by atoms with van der Waals surface area (Å²) >= 11 is 4.90. The molecule has 0 N–H and O–H groups in total. The molecule has 5 heteroatoms. The van der Waals surface area contributed by atoms with Crippen molar-refractivity contribution in [3.63, 3.8) is 0 Å². The first kappa shape index (κ1) is 21.5. The third-order valence-corrected chi connectivity index (χ3v) is 5.56. The molecule has 2 unspecified atom stereocenters. The average Bonchev–Trinajstić information content (AvgIpc) is 2.47. The maximum Gasteiger partial charge on any atom is 0.365 e. The van der Waals surface area contributed by atoms with Crippen LogP contribution in [0.3, 0.4) is 0 Å². The molecular formula is C16H34FO2PS. The highest BCUT2D eigenvalue weighted by Crippen LogP contribution is 2.51. The maximum absolute atomic E-state index is 14.2. The van der Waals surface area contributed by atoms with Crippen LogP contribution in [0.25, 0.3) is 0 Å². The van der Waals surface area contributed by atoms with Gasteiger partial charge in [0.2, 0.25) is 0 Å². The van der Waals surface area contributed by atoms with Crippen LogP contribution in [-0.2, 0) is 20.9 Å². The minimum atomic E-state index is -3.56. The number of halogens is 1. The lowest BCUT2D eigenvalue weighted by atomic mass is 10.0. The number of unbranched alkanes of at least 4 members (excludes halogenated alkanes) is 2. The monoisotopic (exact) mass is 340 g/mol. The molecule has 2 atom stereocenters. The lowest BCUT2D eigenvalue weighted by Crippen LogP contribution is -2.10. The van der Waals surface area contributed by atoms with Gasteiger partial charge >= 0.3 is 6.80 Å². The molecule has 21 heavy (non-hydrogen) atoms. The summed E-state index contributed by atoms with van der Waals surface area (Å²) in [5.74, 6) is 0.794. The van der Waals surface area contributed by atoms with Crippen molar-refractivity contribution in [3.05, 3.63) is 0 Å². The molecule has 0 heterocycles. The summed E-state index contributed by atoms with van der Waals surface area (Å²) in [5.41, 5.74) is 0. The number of hydrogen-bond donors (Lipinski definition) is 0. The molecule has 0 aromatic rings. The summed E-state index contributed by atoms with van der Waals surface area (Å²) in [7, 11) is 0. The van der Waals surface area contributed by atoms with E-state index >= 15 is 0 Å². The number of rotatable bonds is 14. The summed E-state index contributed by atoms with van der Waals surface area (Å²) < 4.78 is 24.8. The zero-order valence-corrected chi connectivity index (χ0v) is 16.0. The Morgan fingerprint density at radius 2 is 1.24 bits per heavy atom. The first-order chi connectivity index (χ1) is 9.99. The van der Waals surface area contributed by atoms with Crippen molar-refractivity contribution in [2.75, 3.05) is 13.2 Å². The molecule has 0 fully saturated rings. The highest BCUT2D eigenvalue weighted by atomic mass is 32.5. The van der Waals surface area contributed by atoms with E-state index in [0.29, 0.717) is 25.0 Å². The Hall–Kier alpha value is 0.500. The second-order valence-electron chi connectivity index (χ2n) is 5.86. The van der Waals surface area contributed by atoms with Crippen molar-refractivity contribution in [1.29, 1.82) is 0 Å². The predicted molar refractivity (Wildman–Crippen MR) is 93.9 cm³/mol. The van der Waals surface area contributed by atoms with Crippen molar-refractivity contribution in [2.24, 2.45) is 11.8 Å². The van der Waals surface area contributed by atoms with Crippen molar-refractivity contribution in [1.82, 2.24) is 0 Å². The zero-order chi connectivity index (χ0) is 16.1. The van der Waals surface area contributed by atoms with Crippen LogP contribution in [0, 0.1) is 11.8 Å². The van der Waals surface area contributed by atoms with Gasteiger partial charge < -0.3 is 9.05 Å². The second kappa shape index (κ2) is 13.0. The summed E-state index contributed by atoms with van der Waals surface area (Å²) in [6.45, 7) is 5.80. The van der Waals surface area contributed by atoms with E-state index in [0.717, 1.165) is 51.4 Å². The van der Waals surface area contributed by atoms with Crippen LogP contribution in [0.5, 0.6) is 0 Å².